The SMILES string of the molecule is CCC1CNCCc2ccccc21. The lowest BCUT2D eigenvalue weighted by Crippen LogP contribution is -2.19. The van der Waals surface area contributed by atoms with Gasteiger partial charge in [-0.3, -0.25) is 0 Å². The Kier molecular flexibility index (Phi) is 2.65. The normalized spacial score (nSPS) is 22.1. The Morgan fingerprint density at radius 3 is 3.08 bits per heavy atom. The van der Waals surface area contributed by atoms with Crippen LogP contribution < -0.4 is 5.32 Å². The molecule has 1 aliphatic rings. The number of hydrogen-bond donors (Lipinski definition) is 1. The molecule has 0 aromatic heterocycles. The van der Waals surface area contributed by atoms with Crippen LogP contribution in [-0.4, -0.2) is 13.1 Å². The fourth-order valence-corrected chi connectivity index (χ4v) is 2.13. The molecule has 0 amide bonds. The number of fused-ring (bicyclic) bond motifs is 1. The van der Waals surface area contributed by atoms with E-state index >= 15 is 0 Å². The van der Waals surface area contributed by atoms with Crippen molar-refractivity contribution in [1.82, 2.24) is 5.32 Å². The number of rotatable bonds is 1. The maximum Gasteiger partial charge on any atom is 0.00202 e. The lowest BCUT2D eigenvalue weighted by atomic mass is 9.92. The van der Waals surface area contributed by atoms with E-state index in [4.69, 9.17) is 0 Å². The van der Waals surface area contributed by atoms with Crippen LogP contribution in [0.5, 0.6) is 0 Å². The average molecular weight is 175 g/mol. The first-order valence-corrected chi connectivity index (χ1v) is 5.20. The van der Waals surface area contributed by atoms with Gasteiger partial charge in [-0.05, 0) is 36.4 Å². The minimum absolute atomic E-state index is 0.721. The molecular weight excluding hydrogens is 158 g/mol. The van der Waals surface area contributed by atoms with Crippen LogP contribution in [0.25, 0.3) is 0 Å². The molecule has 2 rings (SSSR count). The molecule has 0 radical (unpaired) electrons. The summed E-state index contributed by atoms with van der Waals surface area (Å²) in [4.78, 5) is 0. The molecule has 1 atom stereocenters. The Hall–Kier alpha value is -0.820. The van der Waals surface area contributed by atoms with E-state index in [0.29, 0.717) is 0 Å². The van der Waals surface area contributed by atoms with E-state index in [9.17, 15) is 0 Å². The number of hydrogen-bond acceptors (Lipinski definition) is 1. The van der Waals surface area contributed by atoms with Gasteiger partial charge < -0.3 is 5.32 Å². The molecule has 0 saturated carbocycles. The maximum absolute atomic E-state index is 3.50. The molecule has 1 aliphatic heterocycles. The molecule has 0 bridgehead atoms. The van der Waals surface area contributed by atoms with Gasteiger partial charge in [-0.25, -0.2) is 0 Å². The van der Waals surface area contributed by atoms with Gasteiger partial charge in [0.1, 0.15) is 0 Å². The Morgan fingerprint density at radius 1 is 1.38 bits per heavy atom. The minimum atomic E-state index is 0.721. The van der Waals surface area contributed by atoms with Gasteiger partial charge in [0.25, 0.3) is 0 Å². The van der Waals surface area contributed by atoms with E-state index in [1.165, 1.54) is 12.8 Å². The minimum Gasteiger partial charge on any atom is -0.316 e. The van der Waals surface area contributed by atoms with Crippen LogP contribution in [0, 0.1) is 0 Å². The second-order valence-electron chi connectivity index (χ2n) is 3.76. The molecule has 1 nitrogen and oxygen atoms in total. The summed E-state index contributed by atoms with van der Waals surface area (Å²) in [6, 6.07) is 8.87. The Bertz CT molecular complexity index is 280. The fraction of sp³-hybridized carbons (Fsp3) is 0.500. The van der Waals surface area contributed by atoms with Crippen LogP contribution in [0.1, 0.15) is 30.4 Å². The molecular formula is C12H17N. The Labute approximate surface area is 80.2 Å². The van der Waals surface area contributed by atoms with Crippen LogP contribution >= 0.6 is 0 Å². The summed E-state index contributed by atoms with van der Waals surface area (Å²) in [5, 5.41) is 3.50. The second-order valence-corrected chi connectivity index (χ2v) is 3.76. The van der Waals surface area contributed by atoms with E-state index in [1.807, 2.05) is 0 Å². The first-order valence-electron chi connectivity index (χ1n) is 5.20. The molecule has 70 valence electrons. The van der Waals surface area contributed by atoms with Crippen molar-refractivity contribution in [2.24, 2.45) is 0 Å². The van der Waals surface area contributed by atoms with Crippen LogP contribution in [0.2, 0.25) is 0 Å². The number of benzene rings is 1. The van der Waals surface area contributed by atoms with Crippen molar-refractivity contribution in [3.8, 4) is 0 Å². The predicted molar refractivity (Wildman–Crippen MR) is 56.0 cm³/mol. The topological polar surface area (TPSA) is 12.0 Å². The second kappa shape index (κ2) is 3.93. The van der Waals surface area contributed by atoms with Gasteiger partial charge in [-0.1, -0.05) is 31.2 Å². The van der Waals surface area contributed by atoms with Gasteiger partial charge in [0.05, 0.1) is 0 Å². The molecule has 13 heavy (non-hydrogen) atoms. The first-order chi connectivity index (χ1) is 6.42. The highest BCUT2D eigenvalue weighted by Gasteiger charge is 2.15. The maximum atomic E-state index is 3.50. The molecule has 1 N–H and O–H groups in total. The molecule has 0 fully saturated rings. The molecule has 1 aromatic carbocycles. The summed E-state index contributed by atoms with van der Waals surface area (Å²) < 4.78 is 0. The van der Waals surface area contributed by atoms with Gasteiger partial charge in [-0.2, -0.15) is 0 Å². The van der Waals surface area contributed by atoms with Crippen LogP contribution in [0.4, 0.5) is 0 Å². The van der Waals surface area contributed by atoms with E-state index in [1.54, 1.807) is 11.1 Å². The van der Waals surface area contributed by atoms with Crippen molar-refractivity contribution in [2.75, 3.05) is 13.1 Å². The summed E-state index contributed by atoms with van der Waals surface area (Å²) in [6.07, 6.45) is 2.43. The van der Waals surface area contributed by atoms with E-state index in [2.05, 4.69) is 36.5 Å². The van der Waals surface area contributed by atoms with Gasteiger partial charge >= 0.3 is 0 Å². The summed E-state index contributed by atoms with van der Waals surface area (Å²) in [5.41, 5.74) is 3.11. The first kappa shape index (κ1) is 8.76. The third kappa shape index (κ3) is 1.75. The third-order valence-electron chi connectivity index (χ3n) is 2.95. The summed E-state index contributed by atoms with van der Waals surface area (Å²) in [6.45, 7) is 4.55. The standard InChI is InChI=1S/C12H17N/c1-2-10-9-13-8-7-11-5-3-4-6-12(10)11/h3-6,10,13H,2,7-9H2,1H3. The van der Waals surface area contributed by atoms with Crippen molar-refractivity contribution in [3.63, 3.8) is 0 Å². The van der Waals surface area contributed by atoms with Crippen molar-refractivity contribution in [1.29, 1.82) is 0 Å². The van der Waals surface area contributed by atoms with Crippen LogP contribution in [-0.2, 0) is 6.42 Å². The molecule has 1 heteroatoms. The van der Waals surface area contributed by atoms with Crippen LogP contribution in [0.15, 0.2) is 24.3 Å². The molecule has 0 saturated heterocycles. The highest BCUT2D eigenvalue weighted by molar-refractivity contribution is 5.31. The third-order valence-corrected chi connectivity index (χ3v) is 2.95. The van der Waals surface area contributed by atoms with E-state index in [0.717, 1.165) is 19.0 Å². The van der Waals surface area contributed by atoms with Gasteiger partial charge in [0.15, 0.2) is 0 Å². The van der Waals surface area contributed by atoms with Crippen molar-refractivity contribution in [2.45, 2.75) is 25.7 Å². The molecule has 1 aromatic rings. The molecule has 0 aliphatic carbocycles. The van der Waals surface area contributed by atoms with Gasteiger partial charge in [0, 0.05) is 6.54 Å². The smallest absolute Gasteiger partial charge is 0.00202 e. The zero-order valence-corrected chi connectivity index (χ0v) is 8.22. The number of nitrogens with one attached hydrogen (secondary N) is 1. The van der Waals surface area contributed by atoms with Crippen molar-refractivity contribution >= 4 is 0 Å². The molecule has 1 unspecified atom stereocenters. The quantitative estimate of drug-likeness (QED) is 0.690. The lowest BCUT2D eigenvalue weighted by Gasteiger charge is -2.14. The highest BCUT2D eigenvalue weighted by Crippen LogP contribution is 2.24. The van der Waals surface area contributed by atoms with Gasteiger partial charge in [0.2, 0.25) is 0 Å². The van der Waals surface area contributed by atoms with E-state index < -0.39 is 0 Å². The van der Waals surface area contributed by atoms with E-state index in [-0.39, 0.29) is 0 Å². The lowest BCUT2D eigenvalue weighted by molar-refractivity contribution is 0.595. The fourth-order valence-electron chi connectivity index (χ4n) is 2.13. The molecule has 1 heterocycles. The largest absolute Gasteiger partial charge is 0.316 e. The average Bonchev–Trinajstić information content (AvgIpc) is 2.39. The van der Waals surface area contributed by atoms with Gasteiger partial charge in [-0.15, -0.1) is 0 Å². The summed E-state index contributed by atoms with van der Waals surface area (Å²) >= 11 is 0. The van der Waals surface area contributed by atoms with Crippen molar-refractivity contribution in [3.05, 3.63) is 35.4 Å². The summed E-state index contributed by atoms with van der Waals surface area (Å²) in [5.74, 6) is 0.721. The zero-order valence-electron chi connectivity index (χ0n) is 8.22. The van der Waals surface area contributed by atoms with Crippen molar-refractivity contribution < 1.29 is 0 Å². The summed E-state index contributed by atoms with van der Waals surface area (Å²) in [7, 11) is 0. The Morgan fingerprint density at radius 2 is 2.23 bits per heavy atom. The zero-order chi connectivity index (χ0) is 9.10. The Balaban J connectivity index is 2.35. The van der Waals surface area contributed by atoms with Crippen LogP contribution in [0.3, 0.4) is 0 Å². The molecule has 0 spiro atoms. The monoisotopic (exact) mass is 175 g/mol. The predicted octanol–water partition coefficient (Wildman–Crippen LogP) is 2.33. The highest BCUT2D eigenvalue weighted by atomic mass is 14.9.